The van der Waals surface area contributed by atoms with Crippen LogP contribution in [-0.4, -0.2) is 50.1 Å². The minimum atomic E-state index is 0. The van der Waals surface area contributed by atoms with E-state index in [4.69, 9.17) is 0 Å². The van der Waals surface area contributed by atoms with Gasteiger partial charge in [-0.15, -0.1) is 24.8 Å². The van der Waals surface area contributed by atoms with Crippen molar-refractivity contribution in [3.8, 4) is 0 Å². The number of hydrogen-bond donors (Lipinski definition) is 2. The first kappa shape index (κ1) is 20.0. The van der Waals surface area contributed by atoms with Gasteiger partial charge in [-0.1, -0.05) is 6.42 Å². The molecule has 0 saturated carbocycles. The van der Waals surface area contributed by atoms with Crippen LogP contribution in [-0.2, 0) is 4.79 Å². The predicted molar refractivity (Wildman–Crippen MR) is 88.0 cm³/mol. The van der Waals surface area contributed by atoms with Gasteiger partial charge in [0.1, 0.15) is 0 Å². The number of piperidine rings is 2. The van der Waals surface area contributed by atoms with E-state index in [0.717, 1.165) is 31.8 Å². The van der Waals surface area contributed by atoms with Crippen molar-refractivity contribution >= 4 is 30.7 Å². The Kier molecular flexibility index (Phi) is 10.6. The van der Waals surface area contributed by atoms with Crippen molar-refractivity contribution in [3.63, 3.8) is 0 Å². The summed E-state index contributed by atoms with van der Waals surface area (Å²) in [4.78, 5) is 14.3. The van der Waals surface area contributed by atoms with E-state index in [1.54, 1.807) is 0 Å². The zero-order chi connectivity index (χ0) is 12.8. The fraction of sp³-hybridized carbons (Fsp3) is 0.929. The molecule has 2 aliphatic heterocycles. The standard InChI is InChI=1S/C14H27N3O.2ClH/c1-17-10-6-12(7-11-17)5-9-16-14(18)13-4-2-3-8-15-13;;/h12-13,15H,2-11H2,1H3,(H,16,18);2*1H/t13-;;/m0../s1. The summed E-state index contributed by atoms with van der Waals surface area (Å²) in [5, 5.41) is 6.39. The molecule has 1 amide bonds. The molecule has 0 bridgehead atoms. The fourth-order valence-electron chi connectivity index (χ4n) is 2.95. The molecule has 0 aliphatic carbocycles. The van der Waals surface area contributed by atoms with Crippen LogP contribution in [0.2, 0.25) is 0 Å². The lowest BCUT2D eigenvalue weighted by molar-refractivity contribution is -0.123. The van der Waals surface area contributed by atoms with Crippen molar-refractivity contribution in [2.24, 2.45) is 5.92 Å². The number of amides is 1. The Bertz CT molecular complexity index is 265. The third-order valence-electron chi connectivity index (χ3n) is 4.32. The maximum Gasteiger partial charge on any atom is 0.237 e. The molecule has 2 saturated heterocycles. The molecule has 1 atom stereocenters. The zero-order valence-corrected chi connectivity index (χ0v) is 14.0. The molecule has 2 heterocycles. The number of likely N-dealkylation sites (tertiary alicyclic amines) is 1. The monoisotopic (exact) mass is 325 g/mol. The number of nitrogens with zero attached hydrogens (tertiary/aromatic N) is 1. The van der Waals surface area contributed by atoms with Crippen LogP contribution in [0.1, 0.15) is 38.5 Å². The molecule has 20 heavy (non-hydrogen) atoms. The Morgan fingerprint density at radius 3 is 2.50 bits per heavy atom. The first-order valence-electron chi connectivity index (χ1n) is 7.45. The molecule has 0 radical (unpaired) electrons. The number of nitrogens with one attached hydrogen (secondary N) is 2. The van der Waals surface area contributed by atoms with E-state index in [1.807, 2.05) is 0 Å². The van der Waals surface area contributed by atoms with Gasteiger partial charge in [0.05, 0.1) is 6.04 Å². The molecule has 2 N–H and O–H groups in total. The van der Waals surface area contributed by atoms with Gasteiger partial charge in [0.2, 0.25) is 5.91 Å². The van der Waals surface area contributed by atoms with Gasteiger partial charge in [-0.25, -0.2) is 0 Å². The van der Waals surface area contributed by atoms with E-state index in [1.165, 1.54) is 38.8 Å². The Labute approximate surface area is 135 Å². The maximum absolute atomic E-state index is 11.9. The number of carbonyl (C=O) groups is 1. The predicted octanol–water partition coefficient (Wildman–Crippen LogP) is 1.82. The van der Waals surface area contributed by atoms with Crippen molar-refractivity contribution in [2.75, 3.05) is 33.2 Å². The van der Waals surface area contributed by atoms with Crippen molar-refractivity contribution in [1.82, 2.24) is 15.5 Å². The average Bonchev–Trinajstić information content (AvgIpc) is 2.42. The van der Waals surface area contributed by atoms with E-state index in [9.17, 15) is 4.79 Å². The quantitative estimate of drug-likeness (QED) is 0.828. The highest BCUT2D eigenvalue weighted by Gasteiger charge is 2.21. The van der Waals surface area contributed by atoms with Gasteiger partial charge in [0, 0.05) is 6.54 Å². The summed E-state index contributed by atoms with van der Waals surface area (Å²) in [5.41, 5.74) is 0. The van der Waals surface area contributed by atoms with Crippen LogP contribution in [0.25, 0.3) is 0 Å². The van der Waals surface area contributed by atoms with E-state index >= 15 is 0 Å². The Balaban J connectivity index is 0.00000180. The minimum absolute atomic E-state index is 0. The summed E-state index contributed by atoms with van der Waals surface area (Å²) in [6.45, 7) is 4.27. The molecule has 0 spiro atoms. The van der Waals surface area contributed by atoms with Crippen molar-refractivity contribution in [1.29, 1.82) is 0 Å². The largest absolute Gasteiger partial charge is 0.355 e. The Morgan fingerprint density at radius 1 is 1.20 bits per heavy atom. The summed E-state index contributed by atoms with van der Waals surface area (Å²) in [6, 6.07) is 0.0660. The summed E-state index contributed by atoms with van der Waals surface area (Å²) < 4.78 is 0. The van der Waals surface area contributed by atoms with Gasteiger partial charge >= 0.3 is 0 Å². The lowest BCUT2D eigenvalue weighted by Crippen LogP contribution is -2.47. The molecule has 120 valence electrons. The zero-order valence-electron chi connectivity index (χ0n) is 12.4. The highest BCUT2D eigenvalue weighted by atomic mass is 35.5. The highest BCUT2D eigenvalue weighted by Crippen LogP contribution is 2.18. The minimum Gasteiger partial charge on any atom is -0.355 e. The normalized spacial score (nSPS) is 24.4. The molecule has 2 aliphatic rings. The molecular formula is C14H29Cl2N3O. The second-order valence-corrected chi connectivity index (χ2v) is 5.83. The van der Waals surface area contributed by atoms with Crippen LogP contribution < -0.4 is 10.6 Å². The number of carbonyl (C=O) groups excluding carboxylic acids is 1. The SMILES string of the molecule is CN1CCC(CCNC(=O)[C@@H]2CCCCN2)CC1.Cl.Cl. The fourth-order valence-corrected chi connectivity index (χ4v) is 2.95. The van der Waals surface area contributed by atoms with E-state index in [0.29, 0.717) is 0 Å². The maximum atomic E-state index is 11.9. The van der Waals surface area contributed by atoms with Gasteiger partial charge < -0.3 is 15.5 Å². The molecular weight excluding hydrogens is 297 g/mol. The van der Waals surface area contributed by atoms with Gasteiger partial charge in [-0.3, -0.25) is 4.79 Å². The molecule has 0 unspecified atom stereocenters. The summed E-state index contributed by atoms with van der Waals surface area (Å²) in [7, 11) is 2.19. The topological polar surface area (TPSA) is 44.4 Å². The molecule has 2 rings (SSSR count). The van der Waals surface area contributed by atoms with Crippen LogP contribution in [0.5, 0.6) is 0 Å². The van der Waals surface area contributed by atoms with E-state index in [-0.39, 0.29) is 36.8 Å². The van der Waals surface area contributed by atoms with Gasteiger partial charge in [0.25, 0.3) is 0 Å². The molecule has 0 aromatic heterocycles. The summed E-state index contributed by atoms with van der Waals surface area (Å²) >= 11 is 0. The second-order valence-electron chi connectivity index (χ2n) is 5.83. The van der Waals surface area contributed by atoms with Crippen molar-refractivity contribution in [3.05, 3.63) is 0 Å². The molecule has 0 aromatic rings. The van der Waals surface area contributed by atoms with Gasteiger partial charge in [0.15, 0.2) is 0 Å². The van der Waals surface area contributed by atoms with Crippen LogP contribution in [0, 0.1) is 5.92 Å². The third-order valence-corrected chi connectivity index (χ3v) is 4.32. The lowest BCUT2D eigenvalue weighted by Gasteiger charge is -2.29. The number of halogens is 2. The van der Waals surface area contributed by atoms with Crippen molar-refractivity contribution in [2.45, 2.75) is 44.6 Å². The average molecular weight is 326 g/mol. The summed E-state index contributed by atoms with van der Waals surface area (Å²) in [6.07, 6.45) is 7.11. The van der Waals surface area contributed by atoms with Crippen LogP contribution in [0.15, 0.2) is 0 Å². The van der Waals surface area contributed by atoms with E-state index in [2.05, 4.69) is 22.6 Å². The number of rotatable bonds is 4. The van der Waals surface area contributed by atoms with Crippen LogP contribution in [0.3, 0.4) is 0 Å². The lowest BCUT2D eigenvalue weighted by atomic mass is 9.94. The number of hydrogen-bond acceptors (Lipinski definition) is 3. The van der Waals surface area contributed by atoms with Crippen LogP contribution >= 0.6 is 24.8 Å². The Morgan fingerprint density at radius 2 is 1.90 bits per heavy atom. The smallest absolute Gasteiger partial charge is 0.237 e. The highest BCUT2D eigenvalue weighted by molar-refractivity contribution is 5.85. The van der Waals surface area contributed by atoms with Crippen LogP contribution in [0.4, 0.5) is 0 Å². The van der Waals surface area contributed by atoms with E-state index < -0.39 is 0 Å². The van der Waals surface area contributed by atoms with Gasteiger partial charge in [-0.05, 0) is 64.7 Å². The molecule has 6 heteroatoms. The third kappa shape index (κ3) is 6.61. The first-order chi connectivity index (χ1) is 8.75. The second kappa shape index (κ2) is 10.7. The molecule has 2 fully saturated rings. The van der Waals surface area contributed by atoms with Crippen molar-refractivity contribution < 1.29 is 4.79 Å². The van der Waals surface area contributed by atoms with Gasteiger partial charge in [-0.2, -0.15) is 0 Å². The molecule has 4 nitrogen and oxygen atoms in total. The first-order valence-corrected chi connectivity index (χ1v) is 7.45. The summed E-state index contributed by atoms with van der Waals surface area (Å²) in [5.74, 6) is 1.02. The Hall–Kier alpha value is -0.0300. The molecule has 0 aromatic carbocycles.